The molecule has 0 fully saturated rings. The lowest BCUT2D eigenvalue weighted by atomic mass is 10.1. The summed E-state index contributed by atoms with van der Waals surface area (Å²) < 4.78 is 32.0. The second-order valence-corrected chi connectivity index (χ2v) is 7.78. The number of ether oxygens (including phenoxy) is 1. The van der Waals surface area contributed by atoms with Crippen molar-refractivity contribution in [3.63, 3.8) is 0 Å². The fraction of sp³-hybridized carbons (Fsp3) is 0.533. The molecule has 7 nitrogen and oxygen atoms in total. The largest absolute Gasteiger partial charge is 0.383 e. The van der Waals surface area contributed by atoms with Gasteiger partial charge in [0.1, 0.15) is 0 Å². The first kappa shape index (κ1) is 22.8. The Morgan fingerprint density at radius 3 is 2.50 bits per heavy atom. The van der Waals surface area contributed by atoms with E-state index in [0.717, 1.165) is 0 Å². The SMILES string of the molecule is COCCNCC(=O)Nc1cccc(S(=O)(=O)NC(C)(C)C)c1.Cl. The number of hydrogen-bond donors (Lipinski definition) is 3. The lowest BCUT2D eigenvalue weighted by Gasteiger charge is -2.20. The Hall–Kier alpha value is -1.19. The number of amides is 1. The number of methoxy groups -OCH3 is 1. The highest BCUT2D eigenvalue weighted by molar-refractivity contribution is 7.89. The van der Waals surface area contributed by atoms with Gasteiger partial charge in [0.2, 0.25) is 15.9 Å². The summed E-state index contributed by atoms with van der Waals surface area (Å²) in [5.41, 5.74) is -0.149. The predicted octanol–water partition coefficient (Wildman–Crippen LogP) is 1.36. The second-order valence-electron chi connectivity index (χ2n) is 6.10. The molecule has 0 radical (unpaired) electrons. The second kappa shape index (κ2) is 9.95. The van der Waals surface area contributed by atoms with Crippen molar-refractivity contribution in [3.8, 4) is 0 Å². The van der Waals surface area contributed by atoms with Gasteiger partial charge in [-0.15, -0.1) is 12.4 Å². The molecule has 0 atom stereocenters. The molecule has 0 aromatic heterocycles. The van der Waals surface area contributed by atoms with Gasteiger partial charge in [0, 0.05) is 24.9 Å². The van der Waals surface area contributed by atoms with Crippen LogP contribution in [0.1, 0.15) is 20.8 Å². The first-order chi connectivity index (χ1) is 10.6. The highest BCUT2D eigenvalue weighted by atomic mass is 35.5. The number of benzene rings is 1. The van der Waals surface area contributed by atoms with Gasteiger partial charge < -0.3 is 15.4 Å². The van der Waals surface area contributed by atoms with Crippen molar-refractivity contribution in [2.24, 2.45) is 0 Å². The zero-order chi connectivity index (χ0) is 17.5. The van der Waals surface area contributed by atoms with Gasteiger partial charge in [-0.25, -0.2) is 13.1 Å². The smallest absolute Gasteiger partial charge is 0.241 e. The third-order valence-corrected chi connectivity index (χ3v) is 4.39. The van der Waals surface area contributed by atoms with E-state index in [9.17, 15) is 13.2 Å². The summed E-state index contributed by atoms with van der Waals surface area (Å²) in [4.78, 5) is 11.9. The van der Waals surface area contributed by atoms with Gasteiger partial charge >= 0.3 is 0 Å². The van der Waals surface area contributed by atoms with Gasteiger partial charge in [0.05, 0.1) is 18.0 Å². The van der Waals surface area contributed by atoms with Crippen molar-refractivity contribution in [2.45, 2.75) is 31.2 Å². The van der Waals surface area contributed by atoms with Crippen molar-refractivity contribution in [1.82, 2.24) is 10.0 Å². The van der Waals surface area contributed by atoms with Crippen LogP contribution in [0.2, 0.25) is 0 Å². The molecule has 0 aliphatic heterocycles. The van der Waals surface area contributed by atoms with E-state index in [4.69, 9.17) is 4.74 Å². The summed E-state index contributed by atoms with van der Waals surface area (Å²) in [5.74, 6) is -0.251. The van der Waals surface area contributed by atoms with Crippen LogP contribution < -0.4 is 15.4 Å². The Balaban J connectivity index is 0.00000529. The molecule has 1 aromatic rings. The molecule has 0 heterocycles. The summed E-state index contributed by atoms with van der Waals surface area (Å²) >= 11 is 0. The van der Waals surface area contributed by atoms with Crippen molar-refractivity contribution < 1.29 is 17.9 Å². The zero-order valence-electron chi connectivity index (χ0n) is 14.4. The van der Waals surface area contributed by atoms with Crippen molar-refractivity contribution in [3.05, 3.63) is 24.3 Å². The number of hydrogen-bond acceptors (Lipinski definition) is 5. The number of anilines is 1. The minimum absolute atomic E-state index is 0. The zero-order valence-corrected chi connectivity index (χ0v) is 16.0. The molecule has 1 aromatic carbocycles. The van der Waals surface area contributed by atoms with Crippen LogP contribution in [0.4, 0.5) is 5.69 Å². The van der Waals surface area contributed by atoms with E-state index in [2.05, 4.69) is 15.4 Å². The van der Waals surface area contributed by atoms with Gasteiger partial charge in [0.15, 0.2) is 0 Å². The maximum atomic E-state index is 12.3. The van der Waals surface area contributed by atoms with Crippen LogP contribution in [0.5, 0.6) is 0 Å². The normalized spacial score (nSPS) is 11.7. The number of nitrogens with one attached hydrogen (secondary N) is 3. The first-order valence-electron chi connectivity index (χ1n) is 7.27. The van der Waals surface area contributed by atoms with E-state index < -0.39 is 15.6 Å². The number of halogens is 1. The maximum absolute atomic E-state index is 12.3. The third-order valence-electron chi connectivity index (χ3n) is 2.64. The first-order valence-corrected chi connectivity index (χ1v) is 8.76. The fourth-order valence-electron chi connectivity index (χ4n) is 1.78. The van der Waals surface area contributed by atoms with Gasteiger partial charge in [0.25, 0.3) is 0 Å². The third kappa shape index (κ3) is 8.60. The standard InChI is InChI=1S/C15H25N3O4S.ClH/c1-15(2,3)18-23(20,21)13-7-5-6-12(10-13)17-14(19)11-16-8-9-22-4;/h5-7,10,16,18H,8-9,11H2,1-4H3,(H,17,19);1H. The minimum atomic E-state index is -3.63. The lowest BCUT2D eigenvalue weighted by molar-refractivity contribution is -0.115. The lowest BCUT2D eigenvalue weighted by Crippen LogP contribution is -2.40. The molecule has 0 unspecified atom stereocenters. The Kier molecular flexibility index (Phi) is 9.46. The van der Waals surface area contributed by atoms with Crippen LogP contribution in [0.3, 0.4) is 0 Å². The van der Waals surface area contributed by atoms with E-state index >= 15 is 0 Å². The van der Waals surface area contributed by atoms with E-state index in [0.29, 0.717) is 18.8 Å². The van der Waals surface area contributed by atoms with Crippen LogP contribution >= 0.6 is 12.4 Å². The van der Waals surface area contributed by atoms with Crippen molar-refractivity contribution >= 4 is 34.0 Å². The molecule has 9 heteroatoms. The molecule has 0 saturated heterocycles. The Labute approximate surface area is 150 Å². The summed E-state index contributed by atoms with van der Waals surface area (Å²) in [6.07, 6.45) is 0. The van der Waals surface area contributed by atoms with Crippen LogP contribution in [-0.4, -0.2) is 46.7 Å². The van der Waals surface area contributed by atoms with E-state index in [1.165, 1.54) is 12.1 Å². The molecule has 0 aliphatic carbocycles. The molecule has 0 bridgehead atoms. The molecule has 0 spiro atoms. The molecular formula is C15H26ClN3O4S. The topological polar surface area (TPSA) is 96.5 Å². The highest BCUT2D eigenvalue weighted by Crippen LogP contribution is 2.17. The van der Waals surface area contributed by atoms with E-state index in [1.54, 1.807) is 40.0 Å². The summed E-state index contributed by atoms with van der Waals surface area (Å²) in [6.45, 7) is 6.50. The Bertz CT molecular complexity index is 630. The van der Waals surface area contributed by atoms with Crippen LogP contribution in [0, 0.1) is 0 Å². The van der Waals surface area contributed by atoms with E-state index in [-0.39, 0.29) is 29.8 Å². The van der Waals surface area contributed by atoms with Crippen LogP contribution in [0.15, 0.2) is 29.2 Å². The molecule has 1 amide bonds. The average molecular weight is 380 g/mol. The number of sulfonamides is 1. The predicted molar refractivity (Wildman–Crippen MR) is 97.1 cm³/mol. The molecular weight excluding hydrogens is 354 g/mol. The van der Waals surface area contributed by atoms with Crippen LogP contribution in [-0.2, 0) is 19.6 Å². The van der Waals surface area contributed by atoms with Crippen LogP contribution in [0.25, 0.3) is 0 Å². The monoisotopic (exact) mass is 379 g/mol. The Morgan fingerprint density at radius 2 is 1.92 bits per heavy atom. The maximum Gasteiger partial charge on any atom is 0.241 e. The summed E-state index contributed by atoms with van der Waals surface area (Å²) in [7, 11) is -2.05. The van der Waals surface area contributed by atoms with Crippen molar-refractivity contribution in [2.75, 3.05) is 32.1 Å². The molecule has 0 saturated carbocycles. The average Bonchev–Trinajstić information content (AvgIpc) is 2.41. The van der Waals surface area contributed by atoms with Gasteiger partial charge in [-0.05, 0) is 39.0 Å². The molecule has 3 N–H and O–H groups in total. The minimum Gasteiger partial charge on any atom is -0.383 e. The van der Waals surface area contributed by atoms with Gasteiger partial charge in [-0.1, -0.05) is 6.07 Å². The summed E-state index contributed by atoms with van der Waals surface area (Å²) in [6, 6.07) is 6.15. The van der Waals surface area contributed by atoms with Gasteiger partial charge in [-0.3, -0.25) is 4.79 Å². The molecule has 1 rings (SSSR count). The fourth-order valence-corrected chi connectivity index (χ4v) is 3.25. The quantitative estimate of drug-likeness (QED) is 0.592. The summed E-state index contributed by atoms with van der Waals surface area (Å²) in [5, 5.41) is 5.57. The highest BCUT2D eigenvalue weighted by Gasteiger charge is 2.22. The molecule has 0 aliphatic rings. The number of carbonyl (C=O) groups excluding carboxylic acids is 1. The molecule has 24 heavy (non-hydrogen) atoms. The number of carbonyl (C=O) groups is 1. The number of rotatable bonds is 8. The Morgan fingerprint density at radius 1 is 1.25 bits per heavy atom. The molecule has 138 valence electrons. The van der Waals surface area contributed by atoms with E-state index in [1.807, 2.05) is 0 Å². The van der Waals surface area contributed by atoms with Crippen molar-refractivity contribution in [1.29, 1.82) is 0 Å². The van der Waals surface area contributed by atoms with Gasteiger partial charge in [-0.2, -0.15) is 0 Å².